The van der Waals surface area contributed by atoms with Crippen molar-refractivity contribution in [2.75, 3.05) is 13.6 Å². The van der Waals surface area contributed by atoms with Gasteiger partial charge in [-0.05, 0) is 31.8 Å². The second-order valence-electron chi connectivity index (χ2n) is 4.02. The monoisotopic (exact) mass is 172 g/mol. The summed E-state index contributed by atoms with van der Waals surface area (Å²) in [7, 11) is 2.02. The molecule has 0 heterocycles. The fraction of sp³-hybridized carbons (Fsp3) is 1.00. The molecule has 0 spiro atoms. The highest BCUT2D eigenvalue weighted by molar-refractivity contribution is 4.79. The van der Waals surface area contributed by atoms with Gasteiger partial charge < -0.3 is 10.6 Å². The molecule has 1 unspecified atom stereocenters. The second-order valence-corrected chi connectivity index (χ2v) is 4.02. The van der Waals surface area contributed by atoms with E-state index in [1.54, 1.807) is 0 Å². The van der Waals surface area contributed by atoms with Gasteiger partial charge >= 0.3 is 0 Å². The van der Waals surface area contributed by atoms with E-state index in [2.05, 4.69) is 38.3 Å². The van der Waals surface area contributed by atoms with Crippen LogP contribution in [0.25, 0.3) is 0 Å². The van der Waals surface area contributed by atoms with Gasteiger partial charge in [0, 0.05) is 0 Å². The first-order valence-electron chi connectivity index (χ1n) is 4.99. The minimum atomic E-state index is 0.337. The molecule has 0 aromatic rings. The molecule has 0 rings (SSSR count). The standard InChI is InChI=1S/C10H24N2/c1-6-8-12-9(11-5)10(3,4)7-2/h9,11-12H,6-8H2,1-5H3. The Balaban J connectivity index is 3.95. The van der Waals surface area contributed by atoms with Crippen molar-refractivity contribution < 1.29 is 0 Å². The summed E-state index contributed by atoms with van der Waals surface area (Å²) in [4.78, 5) is 0. The highest BCUT2D eigenvalue weighted by Gasteiger charge is 2.25. The summed E-state index contributed by atoms with van der Waals surface area (Å²) in [5.41, 5.74) is 0.337. The number of hydrogen-bond acceptors (Lipinski definition) is 2. The molecule has 0 aliphatic carbocycles. The summed E-state index contributed by atoms with van der Waals surface area (Å²) in [5, 5.41) is 6.82. The second kappa shape index (κ2) is 5.55. The SMILES string of the molecule is CCCNC(NC)C(C)(C)CC. The first kappa shape index (κ1) is 11.9. The average Bonchev–Trinajstić information content (AvgIpc) is 2.05. The molecule has 2 heteroatoms. The van der Waals surface area contributed by atoms with Crippen LogP contribution in [0.2, 0.25) is 0 Å². The summed E-state index contributed by atoms with van der Waals surface area (Å²) < 4.78 is 0. The largest absolute Gasteiger partial charge is 0.305 e. The maximum atomic E-state index is 3.50. The van der Waals surface area contributed by atoms with Gasteiger partial charge in [-0.2, -0.15) is 0 Å². The van der Waals surface area contributed by atoms with Crippen molar-refractivity contribution in [2.45, 2.75) is 46.7 Å². The Kier molecular flexibility index (Phi) is 5.51. The normalized spacial score (nSPS) is 14.8. The Hall–Kier alpha value is -0.0800. The molecular weight excluding hydrogens is 148 g/mol. The van der Waals surface area contributed by atoms with Crippen LogP contribution >= 0.6 is 0 Å². The van der Waals surface area contributed by atoms with Crippen LogP contribution in [0.5, 0.6) is 0 Å². The van der Waals surface area contributed by atoms with Crippen molar-refractivity contribution in [3.8, 4) is 0 Å². The molecule has 74 valence electrons. The predicted molar refractivity (Wildman–Crippen MR) is 55.2 cm³/mol. The van der Waals surface area contributed by atoms with Gasteiger partial charge in [-0.25, -0.2) is 0 Å². The first-order valence-corrected chi connectivity index (χ1v) is 4.99. The Morgan fingerprint density at radius 3 is 2.17 bits per heavy atom. The van der Waals surface area contributed by atoms with Gasteiger partial charge in [0.2, 0.25) is 0 Å². The van der Waals surface area contributed by atoms with E-state index in [9.17, 15) is 0 Å². The van der Waals surface area contributed by atoms with Crippen LogP contribution in [0.1, 0.15) is 40.5 Å². The molecule has 0 aliphatic heterocycles. The van der Waals surface area contributed by atoms with E-state index in [-0.39, 0.29) is 0 Å². The Bertz CT molecular complexity index is 110. The van der Waals surface area contributed by atoms with Crippen molar-refractivity contribution in [1.82, 2.24) is 10.6 Å². The molecule has 0 fully saturated rings. The summed E-state index contributed by atoms with van der Waals surface area (Å²) in [6.07, 6.45) is 2.81. The Labute approximate surface area is 77.1 Å². The van der Waals surface area contributed by atoms with Gasteiger partial charge in [-0.15, -0.1) is 0 Å². The van der Waals surface area contributed by atoms with Crippen LogP contribution in [0.15, 0.2) is 0 Å². The van der Waals surface area contributed by atoms with E-state index in [0.717, 1.165) is 6.54 Å². The number of hydrogen-bond donors (Lipinski definition) is 2. The zero-order valence-corrected chi connectivity index (χ0v) is 9.20. The summed E-state index contributed by atoms with van der Waals surface area (Å²) in [5.74, 6) is 0. The molecule has 2 N–H and O–H groups in total. The van der Waals surface area contributed by atoms with Gasteiger partial charge in [0.25, 0.3) is 0 Å². The Morgan fingerprint density at radius 1 is 1.25 bits per heavy atom. The molecule has 0 bridgehead atoms. The fourth-order valence-electron chi connectivity index (χ4n) is 1.26. The third-order valence-electron chi connectivity index (χ3n) is 2.58. The summed E-state index contributed by atoms with van der Waals surface area (Å²) >= 11 is 0. The molecule has 0 aromatic heterocycles. The van der Waals surface area contributed by atoms with E-state index in [0.29, 0.717) is 11.6 Å². The lowest BCUT2D eigenvalue weighted by Gasteiger charge is -2.34. The molecular formula is C10H24N2. The van der Waals surface area contributed by atoms with Gasteiger partial charge in [-0.3, -0.25) is 0 Å². The van der Waals surface area contributed by atoms with E-state index >= 15 is 0 Å². The minimum Gasteiger partial charge on any atom is -0.305 e. The van der Waals surface area contributed by atoms with Crippen molar-refractivity contribution >= 4 is 0 Å². The van der Waals surface area contributed by atoms with Crippen LogP contribution in [0, 0.1) is 5.41 Å². The predicted octanol–water partition coefficient (Wildman–Crippen LogP) is 1.97. The third kappa shape index (κ3) is 3.55. The number of nitrogens with one attached hydrogen (secondary N) is 2. The molecule has 0 saturated carbocycles. The van der Waals surface area contributed by atoms with Crippen LogP contribution in [0.3, 0.4) is 0 Å². The summed E-state index contributed by atoms with van der Waals surface area (Å²) in [6, 6.07) is 0. The van der Waals surface area contributed by atoms with Crippen molar-refractivity contribution in [3.63, 3.8) is 0 Å². The zero-order valence-electron chi connectivity index (χ0n) is 9.20. The minimum absolute atomic E-state index is 0.337. The lowest BCUT2D eigenvalue weighted by Crippen LogP contribution is -2.50. The molecule has 0 radical (unpaired) electrons. The van der Waals surface area contributed by atoms with E-state index in [1.165, 1.54) is 12.8 Å². The van der Waals surface area contributed by atoms with Crippen LogP contribution in [0.4, 0.5) is 0 Å². The maximum absolute atomic E-state index is 3.50. The lowest BCUT2D eigenvalue weighted by molar-refractivity contribution is 0.205. The van der Waals surface area contributed by atoms with Crippen LogP contribution < -0.4 is 10.6 Å². The van der Waals surface area contributed by atoms with Gasteiger partial charge in [-0.1, -0.05) is 27.7 Å². The van der Waals surface area contributed by atoms with Crippen LogP contribution in [-0.2, 0) is 0 Å². The van der Waals surface area contributed by atoms with Crippen LogP contribution in [-0.4, -0.2) is 19.8 Å². The van der Waals surface area contributed by atoms with Gasteiger partial charge in [0.05, 0.1) is 6.17 Å². The molecule has 12 heavy (non-hydrogen) atoms. The molecule has 0 aliphatic rings. The first-order chi connectivity index (χ1) is 5.58. The molecule has 0 saturated heterocycles. The van der Waals surface area contributed by atoms with Crippen molar-refractivity contribution in [2.24, 2.45) is 5.41 Å². The maximum Gasteiger partial charge on any atom is 0.0621 e. The van der Waals surface area contributed by atoms with Gasteiger partial charge in [0.1, 0.15) is 0 Å². The zero-order chi connectivity index (χ0) is 9.61. The van der Waals surface area contributed by atoms with E-state index < -0.39 is 0 Å². The van der Waals surface area contributed by atoms with Crippen molar-refractivity contribution in [3.05, 3.63) is 0 Å². The van der Waals surface area contributed by atoms with E-state index in [1.807, 2.05) is 7.05 Å². The summed E-state index contributed by atoms with van der Waals surface area (Å²) in [6.45, 7) is 10.1. The highest BCUT2D eigenvalue weighted by atomic mass is 15.1. The molecule has 1 atom stereocenters. The Morgan fingerprint density at radius 2 is 1.83 bits per heavy atom. The quantitative estimate of drug-likeness (QED) is 0.599. The highest BCUT2D eigenvalue weighted by Crippen LogP contribution is 2.22. The topological polar surface area (TPSA) is 24.1 Å². The molecule has 0 aromatic carbocycles. The third-order valence-corrected chi connectivity index (χ3v) is 2.58. The van der Waals surface area contributed by atoms with E-state index in [4.69, 9.17) is 0 Å². The fourth-order valence-corrected chi connectivity index (χ4v) is 1.26. The van der Waals surface area contributed by atoms with Gasteiger partial charge in [0.15, 0.2) is 0 Å². The average molecular weight is 172 g/mol. The van der Waals surface area contributed by atoms with Crippen molar-refractivity contribution in [1.29, 1.82) is 0 Å². The molecule has 2 nitrogen and oxygen atoms in total. The molecule has 0 amide bonds. The smallest absolute Gasteiger partial charge is 0.0621 e. The number of rotatable bonds is 6. The lowest BCUT2D eigenvalue weighted by atomic mass is 9.86.